The zero-order chi connectivity index (χ0) is 13.3. The first-order valence-corrected chi connectivity index (χ1v) is 8.57. The number of hydrogen-bond acceptors (Lipinski definition) is 5. The van der Waals surface area contributed by atoms with Gasteiger partial charge in [0.25, 0.3) is 0 Å². The molecule has 1 aliphatic heterocycles. The molecule has 6 heteroatoms. The third-order valence-electron chi connectivity index (χ3n) is 2.48. The Morgan fingerprint density at radius 1 is 1.00 bits per heavy atom. The number of epoxide rings is 1. The van der Waals surface area contributed by atoms with Gasteiger partial charge in [-0.05, 0) is 33.1 Å². The summed E-state index contributed by atoms with van der Waals surface area (Å²) in [5.74, 6) is 0. The first-order chi connectivity index (χ1) is 8.76. The van der Waals surface area contributed by atoms with E-state index in [-0.39, 0.29) is 0 Å². The summed E-state index contributed by atoms with van der Waals surface area (Å²) < 4.78 is 28.0. The van der Waals surface area contributed by atoms with Gasteiger partial charge in [0, 0.05) is 26.4 Å². The topological polar surface area (TPSA) is 49.5 Å². The largest absolute Gasteiger partial charge is 0.679 e. The van der Waals surface area contributed by atoms with Crippen LogP contribution in [0.5, 0.6) is 0 Å². The Balaban J connectivity index is 2.32. The van der Waals surface area contributed by atoms with Gasteiger partial charge >= 0.3 is 9.05 Å². The summed E-state index contributed by atoms with van der Waals surface area (Å²) in [4.78, 5) is 0. The summed E-state index contributed by atoms with van der Waals surface area (Å²) in [6.07, 6.45) is 3.36. The molecule has 0 aromatic heterocycles. The summed E-state index contributed by atoms with van der Waals surface area (Å²) in [6, 6.07) is 0. The molecule has 1 unspecified atom stereocenters. The van der Waals surface area contributed by atoms with Gasteiger partial charge in [0.15, 0.2) is 0 Å². The maximum atomic E-state index is 5.81. The van der Waals surface area contributed by atoms with Gasteiger partial charge in [0.2, 0.25) is 0 Å². The molecule has 0 bridgehead atoms. The minimum Gasteiger partial charge on any atom is -0.373 e. The van der Waals surface area contributed by atoms with Gasteiger partial charge in [-0.2, -0.15) is 0 Å². The Labute approximate surface area is 111 Å². The number of rotatable bonds is 12. The van der Waals surface area contributed by atoms with Crippen LogP contribution in [0.4, 0.5) is 0 Å². The molecule has 18 heavy (non-hydrogen) atoms. The Morgan fingerprint density at radius 2 is 1.61 bits per heavy atom. The first-order valence-electron chi connectivity index (χ1n) is 6.93. The molecule has 0 spiro atoms. The molecule has 0 radical (unpaired) electrons. The van der Waals surface area contributed by atoms with Crippen molar-refractivity contribution in [1.29, 1.82) is 0 Å². The van der Waals surface area contributed by atoms with Gasteiger partial charge in [-0.25, -0.2) is 0 Å². The molecule has 0 aliphatic carbocycles. The molecule has 0 aromatic carbocycles. The lowest BCUT2D eigenvalue weighted by molar-refractivity contribution is -0.0307. The molecular formula is C12H26O5Si. The van der Waals surface area contributed by atoms with Crippen LogP contribution in [0.2, 0.25) is 0 Å². The minimum atomic E-state index is -2.91. The molecule has 108 valence electrons. The van der Waals surface area contributed by atoms with Crippen molar-refractivity contribution in [3.05, 3.63) is 0 Å². The van der Waals surface area contributed by atoms with Crippen LogP contribution >= 0.6 is 0 Å². The van der Waals surface area contributed by atoms with Crippen molar-refractivity contribution in [3.63, 3.8) is 0 Å². The van der Waals surface area contributed by atoms with Crippen molar-refractivity contribution in [1.82, 2.24) is 0 Å². The number of ether oxygens (including phenoxy) is 1. The van der Waals surface area contributed by atoms with Crippen molar-refractivity contribution in [2.24, 2.45) is 0 Å². The van der Waals surface area contributed by atoms with Crippen molar-refractivity contribution >= 4 is 9.05 Å². The molecule has 1 atom stereocenters. The quantitative estimate of drug-likeness (QED) is 0.311. The molecular weight excluding hydrogens is 252 g/mol. The van der Waals surface area contributed by atoms with E-state index in [0.29, 0.717) is 32.5 Å². The fraction of sp³-hybridized carbons (Fsp3) is 1.00. The van der Waals surface area contributed by atoms with Gasteiger partial charge in [-0.3, -0.25) is 0 Å². The average Bonchev–Trinajstić information content (AvgIpc) is 3.17. The van der Waals surface area contributed by atoms with Crippen LogP contribution in [0.1, 0.15) is 40.0 Å². The van der Waals surface area contributed by atoms with Gasteiger partial charge in [0.05, 0.1) is 12.7 Å². The normalized spacial score (nSPS) is 19.2. The second-order valence-corrected chi connectivity index (χ2v) is 6.32. The predicted octanol–water partition coefficient (Wildman–Crippen LogP) is 2.12. The molecule has 0 N–H and O–H groups in total. The zero-order valence-corrected chi connectivity index (χ0v) is 12.8. The van der Waals surface area contributed by atoms with Gasteiger partial charge in [-0.15, -0.1) is 0 Å². The lowest BCUT2D eigenvalue weighted by Crippen LogP contribution is -2.49. The fourth-order valence-corrected chi connectivity index (χ4v) is 3.63. The minimum absolute atomic E-state index is 0.445. The Hall–Kier alpha value is 0.0169. The van der Waals surface area contributed by atoms with E-state index in [4.69, 9.17) is 22.4 Å². The van der Waals surface area contributed by atoms with Crippen molar-refractivity contribution in [2.45, 2.75) is 46.1 Å². The highest BCUT2D eigenvalue weighted by Crippen LogP contribution is 2.17. The van der Waals surface area contributed by atoms with Crippen LogP contribution < -0.4 is 0 Å². The molecule has 0 amide bonds. The Morgan fingerprint density at radius 3 is 2.11 bits per heavy atom. The van der Waals surface area contributed by atoms with E-state index in [1.807, 2.05) is 13.8 Å². The van der Waals surface area contributed by atoms with Crippen molar-refractivity contribution < 1.29 is 22.4 Å². The van der Waals surface area contributed by atoms with Gasteiger partial charge in [0.1, 0.15) is 0 Å². The molecule has 5 nitrogen and oxygen atoms in total. The highest BCUT2D eigenvalue weighted by Gasteiger charge is 2.44. The van der Waals surface area contributed by atoms with E-state index in [1.165, 1.54) is 0 Å². The van der Waals surface area contributed by atoms with Crippen molar-refractivity contribution in [2.75, 3.05) is 33.0 Å². The van der Waals surface area contributed by atoms with Crippen LogP contribution in [0.3, 0.4) is 0 Å². The van der Waals surface area contributed by atoms with Crippen LogP contribution in [-0.4, -0.2) is 48.2 Å². The van der Waals surface area contributed by atoms with Gasteiger partial charge < -0.3 is 22.4 Å². The molecule has 1 rings (SSSR count). The second-order valence-electron chi connectivity index (χ2n) is 4.16. The second kappa shape index (κ2) is 9.01. The van der Waals surface area contributed by atoms with Crippen LogP contribution in [-0.2, 0) is 22.4 Å². The highest BCUT2D eigenvalue weighted by molar-refractivity contribution is 6.53. The Bertz CT molecular complexity index is 205. The molecule has 1 heterocycles. The summed E-state index contributed by atoms with van der Waals surface area (Å²) >= 11 is 0. The lowest BCUT2D eigenvalue weighted by atomic mass is 10.3. The Kier molecular flexibility index (Phi) is 8.04. The molecule has 0 aromatic rings. The average molecular weight is 278 g/mol. The van der Waals surface area contributed by atoms with E-state index in [9.17, 15) is 0 Å². The van der Waals surface area contributed by atoms with E-state index in [1.54, 1.807) is 0 Å². The van der Waals surface area contributed by atoms with E-state index in [2.05, 4.69) is 6.92 Å². The summed E-state index contributed by atoms with van der Waals surface area (Å²) in [5.41, 5.74) is 0. The van der Waals surface area contributed by atoms with E-state index in [0.717, 1.165) is 25.9 Å². The molecule has 0 saturated carbocycles. The van der Waals surface area contributed by atoms with Crippen LogP contribution in [0.25, 0.3) is 0 Å². The van der Waals surface area contributed by atoms with Crippen LogP contribution in [0.15, 0.2) is 0 Å². The molecule has 1 aliphatic rings. The first kappa shape index (κ1) is 16.1. The maximum absolute atomic E-state index is 5.81. The smallest absolute Gasteiger partial charge is 0.373 e. The monoisotopic (exact) mass is 278 g/mol. The third-order valence-corrected chi connectivity index (χ3v) is 4.88. The summed E-state index contributed by atoms with van der Waals surface area (Å²) in [5, 5.41) is 0. The summed E-state index contributed by atoms with van der Waals surface area (Å²) in [7, 11) is -2.91. The third kappa shape index (κ3) is 6.26. The zero-order valence-electron chi connectivity index (χ0n) is 11.8. The maximum Gasteiger partial charge on any atom is 0.679 e. The van der Waals surface area contributed by atoms with E-state index >= 15 is 0 Å². The van der Waals surface area contributed by atoms with Crippen LogP contribution in [0, 0.1) is 0 Å². The number of hydrogen-bond donors (Lipinski definition) is 0. The SMILES string of the molecule is CCCO[Si](OCC)(OCC)OCCCC1CO1. The summed E-state index contributed by atoms with van der Waals surface area (Å²) in [6.45, 7) is 9.11. The molecule has 1 fully saturated rings. The molecule has 1 saturated heterocycles. The lowest BCUT2D eigenvalue weighted by Gasteiger charge is -2.27. The van der Waals surface area contributed by atoms with Crippen molar-refractivity contribution in [3.8, 4) is 0 Å². The highest BCUT2D eigenvalue weighted by atomic mass is 28.4. The van der Waals surface area contributed by atoms with E-state index < -0.39 is 9.05 Å². The van der Waals surface area contributed by atoms with Gasteiger partial charge in [-0.1, -0.05) is 6.92 Å². The standard InChI is InChI=1S/C12H26O5Si/c1-4-9-16-18(14-5-2,15-6-3)17-10-7-8-12-11-13-12/h12H,4-11H2,1-3H3. The predicted molar refractivity (Wildman–Crippen MR) is 70.2 cm³/mol. The fourth-order valence-electron chi connectivity index (χ4n) is 1.57.